The highest BCUT2D eigenvalue weighted by molar-refractivity contribution is 7.92. The molecule has 2 aromatic rings. The Kier molecular flexibility index (Phi) is 10.8. The molecule has 0 radical (unpaired) electrons. The monoisotopic (exact) mass is 545 g/mol. The Morgan fingerprint density at radius 3 is 2.00 bits per heavy atom. The molecule has 0 aliphatic rings. The minimum Gasteiger partial charge on any atom is -0.497 e. The Hall–Kier alpha value is -3.07. The number of nitrogens with zero attached hydrogens (tertiary/aromatic N) is 2. The molecule has 1 N–H and O–H groups in total. The minimum absolute atomic E-state index is 0.0525. The second-order valence-corrected chi connectivity index (χ2v) is 12.6. The van der Waals surface area contributed by atoms with Crippen LogP contribution in [0.15, 0.2) is 48.5 Å². The highest BCUT2D eigenvalue weighted by Gasteiger charge is 2.32. The van der Waals surface area contributed by atoms with E-state index in [1.165, 1.54) is 4.90 Å². The van der Waals surface area contributed by atoms with E-state index >= 15 is 0 Å². The molecule has 2 amide bonds. The highest BCUT2D eigenvalue weighted by Crippen LogP contribution is 2.26. The molecular weight excluding hydrogens is 502 g/mol. The largest absolute Gasteiger partial charge is 0.497 e. The van der Waals surface area contributed by atoms with Gasteiger partial charge in [-0.05, 0) is 60.6 Å². The van der Waals surface area contributed by atoms with Crippen molar-refractivity contribution in [2.75, 3.05) is 24.2 Å². The molecule has 9 heteroatoms. The summed E-state index contributed by atoms with van der Waals surface area (Å²) in [6, 6.07) is 13.6. The molecular formula is C29H43N3O5S. The van der Waals surface area contributed by atoms with Crippen LogP contribution in [0.4, 0.5) is 5.69 Å². The first kappa shape index (κ1) is 31.1. The van der Waals surface area contributed by atoms with E-state index in [2.05, 4.69) is 26.1 Å². The van der Waals surface area contributed by atoms with Gasteiger partial charge in [0.25, 0.3) is 0 Å². The molecule has 8 nitrogen and oxygen atoms in total. The topological polar surface area (TPSA) is 96.0 Å². The van der Waals surface area contributed by atoms with E-state index in [1.54, 1.807) is 31.4 Å². The van der Waals surface area contributed by atoms with Gasteiger partial charge in [-0.1, -0.05) is 58.9 Å². The molecule has 0 fully saturated rings. The molecule has 0 bridgehead atoms. The number of sulfonamides is 1. The van der Waals surface area contributed by atoms with Crippen LogP contribution >= 0.6 is 0 Å². The number of anilines is 1. The Bertz CT molecular complexity index is 1170. The van der Waals surface area contributed by atoms with Gasteiger partial charge >= 0.3 is 0 Å². The van der Waals surface area contributed by atoms with E-state index in [9.17, 15) is 18.0 Å². The van der Waals surface area contributed by atoms with Gasteiger partial charge in [0, 0.05) is 12.6 Å². The van der Waals surface area contributed by atoms with Crippen LogP contribution in [-0.2, 0) is 31.6 Å². The first-order chi connectivity index (χ1) is 17.7. The van der Waals surface area contributed by atoms with Crippen LogP contribution in [0.25, 0.3) is 0 Å². The number of ether oxygens (including phenoxy) is 1. The summed E-state index contributed by atoms with van der Waals surface area (Å²) in [6.07, 6.45) is 2.21. The van der Waals surface area contributed by atoms with E-state index in [1.807, 2.05) is 45.0 Å². The van der Waals surface area contributed by atoms with Crippen LogP contribution in [0, 0.1) is 0 Å². The third-order valence-electron chi connectivity index (χ3n) is 6.60. The molecule has 0 aliphatic heterocycles. The van der Waals surface area contributed by atoms with E-state index in [0.29, 0.717) is 17.9 Å². The summed E-state index contributed by atoms with van der Waals surface area (Å²) in [6.45, 7) is 11.7. The van der Waals surface area contributed by atoms with E-state index < -0.39 is 28.5 Å². The Morgan fingerprint density at radius 1 is 0.974 bits per heavy atom. The van der Waals surface area contributed by atoms with Crippen LogP contribution in [0.5, 0.6) is 5.75 Å². The third kappa shape index (κ3) is 8.48. The summed E-state index contributed by atoms with van der Waals surface area (Å²) in [5.41, 5.74) is 2.15. The Labute approximate surface area is 228 Å². The quantitative estimate of drug-likeness (QED) is 0.424. The highest BCUT2D eigenvalue weighted by atomic mass is 32.2. The zero-order valence-corrected chi connectivity index (χ0v) is 24.8. The fourth-order valence-corrected chi connectivity index (χ4v) is 4.88. The van der Waals surface area contributed by atoms with Crippen molar-refractivity contribution in [3.63, 3.8) is 0 Å². The second-order valence-electron chi connectivity index (χ2n) is 10.7. The maximum absolute atomic E-state index is 13.8. The SMILES string of the molecule is CC[C@H](C)NC(=O)[C@H](CC)N(Cc1ccc(OC)cc1)C(=O)CN(c1ccc(C(C)(C)C)cc1)S(C)(=O)=O. The third-order valence-corrected chi connectivity index (χ3v) is 7.74. The van der Waals surface area contributed by atoms with Gasteiger partial charge in [0.05, 0.1) is 19.1 Å². The van der Waals surface area contributed by atoms with Crippen molar-refractivity contribution in [3.05, 3.63) is 59.7 Å². The number of nitrogens with one attached hydrogen (secondary N) is 1. The summed E-state index contributed by atoms with van der Waals surface area (Å²) < 4.78 is 32.0. The fourth-order valence-electron chi connectivity index (χ4n) is 4.03. The van der Waals surface area contributed by atoms with E-state index in [0.717, 1.165) is 28.1 Å². The number of carbonyl (C=O) groups excluding carboxylic acids is 2. The number of carbonyl (C=O) groups is 2. The molecule has 0 saturated carbocycles. The molecule has 0 aliphatic carbocycles. The summed E-state index contributed by atoms with van der Waals surface area (Å²) >= 11 is 0. The zero-order valence-electron chi connectivity index (χ0n) is 23.9. The lowest BCUT2D eigenvalue weighted by atomic mass is 9.87. The maximum atomic E-state index is 13.8. The van der Waals surface area contributed by atoms with Gasteiger partial charge in [-0.25, -0.2) is 8.42 Å². The molecule has 38 heavy (non-hydrogen) atoms. The normalized spacial score (nSPS) is 13.4. The van der Waals surface area contributed by atoms with Gasteiger partial charge in [-0.15, -0.1) is 0 Å². The fraction of sp³-hybridized carbons (Fsp3) is 0.517. The van der Waals surface area contributed by atoms with Gasteiger partial charge < -0.3 is 15.0 Å². The van der Waals surface area contributed by atoms with E-state index in [4.69, 9.17) is 4.74 Å². The number of rotatable bonds is 12. The van der Waals surface area contributed by atoms with Gasteiger partial charge in [-0.3, -0.25) is 13.9 Å². The van der Waals surface area contributed by atoms with Gasteiger partial charge in [0.2, 0.25) is 21.8 Å². The number of amides is 2. The smallest absolute Gasteiger partial charge is 0.244 e. The van der Waals surface area contributed by atoms with Crippen LogP contribution in [0.1, 0.15) is 65.5 Å². The van der Waals surface area contributed by atoms with Crippen molar-refractivity contribution in [2.24, 2.45) is 0 Å². The average Bonchev–Trinajstić information content (AvgIpc) is 2.86. The van der Waals surface area contributed by atoms with Gasteiger partial charge in [0.15, 0.2) is 0 Å². The van der Waals surface area contributed by atoms with Crippen molar-refractivity contribution < 1.29 is 22.7 Å². The molecule has 0 spiro atoms. The van der Waals surface area contributed by atoms with Gasteiger partial charge in [0.1, 0.15) is 18.3 Å². The summed E-state index contributed by atoms with van der Waals surface area (Å²) in [5.74, 6) is -0.0448. The second kappa shape index (κ2) is 13.1. The molecule has 2 atom stereocenters. The summed E-state index contributed by atoms with van der Waals surface area (Å²) in [7, 11) is -2.21. The van der Waals surface area contributed by atoms with Crippen molar-refractivity contribution in [3.8, 4) is 5.75 Å². The van der Waals surface area contributed by atoms with Crippen molar-refractivity contribution >= 4 is 27.5 Å². The van der Waals surface area contributed by atoms with Crippen LogP contribution < -0.4 is 14.4 Å². The van der Waals surface area contributed by atoms with Crippen molar-refractivity contribution in [2.45, 2.75) is 78.4 Å². The predicted octanol–water partition coefficient (Wildman–Crippen LogP) is 4.48. The minimum atomic E-state index is -3.78. The standard InChI is InChI=1S/C29H43N3O5S/c1-9-21(3)30-28(34)26(10-2)31(19-22-11-17-25(37-7)18-12-22)27(33)20-32(38(8,35)36)24-15-13-23(14-16-24)29(4,5)6/h11-18,21,26H,9-10,19-20H2,1-8H3,(H,30,34)/t21-,26-/m0/s1. The predicted molar refractivity (Wildman–Crippen MR) is 153 cm³/mol. The zero-order chi connectivity index (χ0) is 28.7. The summed E-state index contributed by atoms with van der Waals surface area (Å²) in [4.78, 5) is 28.5. The molecule has 210 valence electrons. The molecule has 0 saturated heterocycles. The van der Waals surface area contributed by atoms with Crippen LogP contribution in [0.3, 0.4) is 0 Å². The number of hydrogen-bond donors (Lipinski definition) is 1. The molecule has 0 aromatic heterocycles. The van der Waals surface area contributed by atoms with Crippen molar-refractivity contribution in [1.82, 2.24) is 10.2 Å². The molecule has 0 unspecified atom stereocenters. The lowest BCUT2D eigenvalue weighted by Gasteiger charge is -2.33. The number of methoxy groups -OCH3 is 1. The Balaban J connectivity index is 2.45. The number of benzene rings is 2. The van der Waals surface area contributed by atoms with Crippen LogP contribution in [-0.4, -0.2) is 57.1 Å². The first-order valence-electron chi connectivity index (χ1n) is 13.0. The van der Waals surface area contributed by atoms with Crippen LogP contribution in [0.2, 0.25) is 0 Å². The molecule has 0 heterocycles. The Morgan fingerprint density at radius 2 is 1.55 bits per heavy atom. The average molecular weight is 546 g/mol. The summed E-state index contributed by atoms with van der Waals surface area (Å²) in [5, 5.41) is 2.97. The van der Waals surface area contributed by atoms with E-state index in [-0.39, 0.29) is 23.9 Å². The van der Waals surface area contributed by atoms with Crippen molar-refractivity contribution in [1.29, 1.82) is 0 Å². The maximum Gasteiger partial charge on any atom is 0.244 e. The lowest BCUT2D eigenvalue weighted by molar-refractivity contribution is -0.140. The first-order valence-corrected chi connectivity index (χ1v) is 14.9. The lowest BCUT2D eigenvalue weighted by Crippen LogP contribution is -2.53. The number of hydrogen-bond acceptors (Lipinski definition) is 5. The molecule has 2 rings (SSSR count). The molecule has 2 aromatic carbocycles. The van der Waals surface area contributed by atoms with Gasteiger partial charge in [-0.2, -0.15) is 0 Å².